The molecule has 0 saturated carbocycles. The monoisotopic (exact) mass is 113 g/mol. The van der Waals surface area contributed by atoms with Gasteiger partial charge in [-0.25, -0.2) is 4.99 Å². The Labute approximate surface area is 46.7 Å². The maximum atomic E-state index is 8.72. The molecule has 1 aliphatic rings. The Morgan fingerprint density at radius 2 is 2.62 bits per heavy atom. The van der Waals surface area contributed by atoms with Crippen molar-refractivity contribution in [1.29, 1.82) is 0 Å². The van der Waals surface area contributed by atoms with Crippen LogP contribution in [0.1, 0.15) is 0 Å². The lowest BCUT2D eigenvalue weighted by Gasteiger charge is -2.05. The van der Waals surface area contributed by atoms with Crippen LogP contribution >= 0.6 is 0 Å². The number of aliphatic hydroxyl groups is 1. The quantitative estimate of drug-likeness (QED) is 0.389. The predicted molar refractivity (Wildman–Crippen MR) is 30.3 cm³/mol. The molecule has 0 atom stereocenters. The van der Waals surface area contributed by atoms with Crippen LogP contribution in [0.3, 0.4) is 0 Å². The standard InChI is InChI=1S/C4H7N3O/c5-4-3(8)1-6-2-7-4/h1,6,8H,2H2,(H2,5,7). The number of rotatable bonds is 0. The molecule has 4 heteroatoms. The summed E-state index contributed by atoms with van der Waals surface area (Å²) in [5, 5.41) is 11.4. The normalized spacial score (nSPS) is 18.5. The summed E-state index contributed by atoms with van der Waals surface area (Å²) < 4.78 is 0. The molecule has 0 aromatic carbocycles. The Morgan fingerprint density at radius 3 is 3.00 bits per heavy atom. The van der Waals surface area contributed by atoms with E-state index in [-0.39, 0.29) is 11.6 Å². The Bertz CT molecular complexity index is 131. The first-order valence-electron chi connectivity index (χ1n) is 2.23. The van der Waals surface area contributed by atoms with Crippen molar-refractivity contribution < 1.29 is 5.11 Å². The van der Waals surface area contributed by atoms with Crippen molar-refractivity contribution >= 4 is 5.84 Å². The van der Waals surface area contributed by atoms with Gasteiger partial charge in [0, 0.05) is 6.20 Å². The second-order valence-electron chi connectivity index (χ2n) is 1.44. The molecule has 0 amide bonds. The summed E-state index contributed by atoms with van der Waals surface area (Å²) in [6, 6.07) is 0. The van der Waals surface area contributed by atoms with Crippen molar-refractivity contribution in [3.63, 3.8) is 0 Å². The fourth-order valence-corrected chi connectivity index (χ4v) is 0.428. The molecule has 44 valence electrons. The summed E-state index contributed by atoms with van der Waals surface area (Å²) in [6.07, 6.45) is 1.42. The minimum atomic E-state index is 0.0104. The van der Waals surface area contributed by atoms with Crippen LogP contribution in [0.5, 0.6) is 0 Å². The van der Waals surface area contributed by atoms with Gasteiger partial charge < -0.3 is 16.2 Å². The van der Waals surface area contributed by atoms with Gasteiger partial charge in [0.2, 0.25) is 0 Å². The molecule has 1 aliphatic heterocycles. The van der Waals surface area contributed by atoms with E-state index in [0.29, 0.717) is 6.67 Å². The summed E-state index contributed by atoms with van der Waals surface area (Å²) in [7, 11) is 0. The molecule has 0 fully saturated rings. The van der Waals surface area contributed by atoms with Gasteiger partial charge in [-0.3, -0.25) is 0 Å². The molecule has 0 aromatic rings. The Hall–Kier alpha value is -1.19. The highest BCUT2D eigenvalue weighted by atomic mass is 16.3. The molecule has 0 bridgehead atoms. The number of hydrogen-bond donors (Lipinski definition) is 3. The van der Waals surface area contributed by atoms with E-state index in [1.807, 2.05) is 0 Å². The van der Waals surface area contributed by atoms with Crippen LogP contribution in [-0.4, -0.2) is 17.6 Å². The van der Waals surface area contributed by atoms with Gasteiger partial charge in [0.05, 0.1) is 0 Å². The van der Waals surface area contributed by atoms with Gasteiger partial charge in [0.1, 0.15) is 6.67 Å². The van der Waals surface area contributed by atoms with Crippen LogP contribution in [-0.2, 0) is 0 Å². The van der Waals surface area contributed by atoms with Gasteiger partial charge in [0.25, 0.3) is 0 Å². The number of amidine groups is 1. The third-order valence-electron chi connectivity index (χ3n) is 0.842. The second-order valence-corrected chi connectivity index (χ2v) is 1.44. The maximum Gasteiger partial charge on any atom is 0.173 e. The van der Waals surface area contributed by atoms with Crippen molar-refractivity contribution in [1.82, 2.24) is 5.32 Å². The summed E-state index contributed by atoms with van der Waals surface area (Å²) >= 11 is 0. The molecule has 8 heavy (non-hydrogen) atoms. The van der Waals surface area contributed by atoms with Gasteiger partial charge in [-0.2, -0.15) is 0 Å². The molecule has 0 unspecified atom stereocenters. The van der Waals surface area contributed by atoms with Crippen molar-refractivity contribution in [2.45, 2.75) is 0 Å². The molecule has 0 radical (unpaired) electrons. The minimum Gasteiger partial charge on any atom is -0.503 e. The molecule has 0 saturated heterocycles. The van der Waals surface area contributed by atoms with E-state index in [2.05, 4.69) is 10.3 Å². The zero-order valence-corrected chi connectivity index (χ0v) is 4.26. The fraction of sp³-hybridized carbons (Fsp3) is 0.250. The third-order valence-corrected chi connectivity index (χ3v) is 0.842. The van der Waals surface area contributed by atoms with Crippen LogP contribution in [0.15, 0.2) is 17.0 Å². The van der Waals surface area contributed by atoms with Crippen molar-refractivity contribution in [3.05, 3.63) is 12.0 Å². The lowest BCUT2D eigenvalue weighted by molar-refractivity contribution is 0.433. The first kappa shape index (κ1) is 4.96. The number of aliphatic hydroxyl groups excluding tert-OH is 1. The van der Waals surface area contributed by atoms with E-state index in [1.165, 1.54) is 6.20 Å². The van der Waals surface area contributed by atoms with Crippen LogP contribution in [0.2, 0.25) is 0 Å². The summed E-state index contributed by atoms with van der Waals surface area (Å²) in [4.78, 5) is 3.68. The maximum absolute atomic E-state index is 8.72. The lowest BCUT2D eigenvalue weighted by Crippen LogP contribution is -2.24. The zero-order valence-electron chi connectivity index (χ0n) is 4.26. The van der Waals surface area contributed by atoms with Gasteiger partial charge >= 0.3 is 0 Å². The van der Waals surface area contributed by atoms with Crippen molar-refractivity contribution in [2.75, 3.05) is 6.67 Å². The SMILES string of the molecule is NC1=NCNC=C1O. The van der Waals surface area contributed by atoms with Gasteiger partial charge in [-0.1, -0.05) is 0 Å². The summed E-state index contributed by atoms with van der Waals surface area (Å²) in [6.45, 7) is 0.454. The lowest BCUT2D eigenvalue weighted by atomic mass is 10.4. The topological polar surface area (TPSA) is 70.6 Å². The highest BCUT2D eigenvalue weighted by Crippen LogP contribution is 1.89. The predicted octanol–water partition coefficient (Wildman–Crippen LogP) is -0.696. The molecule has 0 spiro atoms. The minimum absolute atomic E-state index is 0.0104. The van der Waals surface area contributed by atoms with Crippen LogP contribution < -0.4 is 11.1 Å². The van der Waals surface area contributed by atoms with Crippen molar-refractivity contribution in [3.8, 4) is 0 Å². The number of hydrogen-bond acceptors (Lipinski definition) is 4. The van der Waals surface area contributed by atoms with E-state index < -0.39 is 0 Å². The molecule has 4 N–H and O–H groups in total. The largest absolute Gasteiger partial charge is 0.503 e. The van der Waals surface area contributed by atoms with Crippen molar-refractivity contribution in [2.24, 2.45) is 10.7 Å². The van der Waals surface area contributed by atoms with Gasteiger partial charge in [-0.15, -0.1) is 0 Å². The first-order chi connectivity index (χ1) is 3.80. The van der Waals surface area contributed by atoms with E-state index in [4.69, 9.17) is 10.8 Å². The van der Waals surface area contributed by atoms with Crippen LogP contribution in [0.25, 0.3) is 0 Å². The molecule has 0 aliphatic carbocycles. The molecular weight excluding hydrogens is 106 g/mol. The van der Waals surface area contributed by atoms with E-state index in [1.54, 1.807) is 0 Å². The number of nitrogens with zero attached hydrogens (tertiary/aromatic N) is 1. The number of aliphatic imine (C=N–C) groups is 1. The highest BCUT2D eigenvalue weighted by Gasteiger charge is 2.00. The van der Waals surface area contributed by atoms with E-state index >= 15 is 0 Å². The zero-order chi connectivity index (χ0) is 5.98. The second kappa shape index (κ2) is 1.73. The number of nitrogens with one attached hydrogen (secondary N) is 1. The average molecular weight is 113 g/mol. The molecular formula is C4H7N3O. The smallest absolute Gasteiger partial charge is 0.173 e. The van der Waals surface area contributed by atoms with E-state index in [0.717, 1.165) is 0 Å². The third kappa shape index (κ3) is 0.726. The van der Waals surface area contributed by atoms with Gasteiger partial charge in [-0.05, 0) is 0 Å². The highest BCUT2D eigenvalue weighted by molar-refractivity contribution is 5.94. The van der Waals surface area contributed by atoms with E-state index in [9.17, 15) is 0 Å². The Morgan fingerprint density at radius 1 is 1.88 bits per heavy atom. The summed E-state index contributed by atoms with van der Waals surface area (Å²) in [5.41, 5.74) is 5.17. The average Bonchev–Trinajstić information content (AvgIpc) is 1.77. The number of nitrogens with two attached hydrogens (primary N) is 1. The van der Waals surface area contributed by atoms with Crippen LogP contribution in [0.4, 0.5) is 0 Å². The van der Waals surface area contributed by atoms with Crippen LogP contribution in [0, 0.1) is 0 Å². The molecule has 1 heterocycles. The summed E-state index contributed by atoms with van der Waals surface area (Å²) in [5.74, 6) is 0.208. The Kier molecular flexibility index (Phi) is 1.07. The first-order valence-corrected chi connectivity index (χ1v) is 2.23. The molecule has 0 aromatic heterocycles. The van der Waals surface area contributed by atoms with Gasteiger partial charge in [0.15, 0.2) is 11.6 Å². The molecule has 4 nitrogen and oxygen atoms in total. The Balaban J connectivity index is 2.73. The fourth-order valence-electron chi connectivity index (χ4n) is 0.428. The molecule has 1 rings (SSSR count).